The van der Waals surface area contributed by atoms with Gasteiger partial charge in [0.05, 0.1) is 17.7 Å². The summed E-state index contributed by atoms with van der Waals surface area (Å²) < 4.78 is 20.1. The van der Waals surface area contributed by atoms with Crippen LogP contribution in [0.25, 0.3) is 22.6 Å². The molecule has 0 radical (unpaired) electrons. The molecule has 0 fully saturated rings. The van der Waals surface area contributed by atoms with E-state index in [-0.39, 0.29) is 68.9 Å². The van der Waals surface area contributed by atoms with Crippen LogP contribution in [0.3, 0.4) is 0 Å². The van der Waals surface area contributed by atoms with Crippen molar-refractivity contribution < 1.29 is 74.9 Å². The number of amides is 2. The van der Waals surface area contributed by atoms with Crippen molar-refractivity contribution in [2.24, 2.45) is 5.92 Å². The summed E-state index contributed by atoms with van der Waals surface area (Å²) in [6.45, 7) is 5.41. The molecule has 0 aliphatic carbocycles. The number of aryl methyl sites for hydroxylation is 1. The molecule has 3 aromatic rings. The van der Waals surface area contributed by atoms with E-state index in [9.17, 15) is 19.1 Å². The second kappa shape index (κ2) is 10.5. The summed E-state index contributed by atoms with van der Waals surface area (Å²) in [7, 11) is 0. The molecular weight excluding hydrogens is 416 g/mol. The molecule has 0 saturated heterocycles. The van der Waals surface area contributed by atoms with Crippen LogP contribution in [0.1, 0.15) is 25.8 Å². The fourth-order valence-electron chi connectivity index (χ4n) is 2.88. The van der Waals surface area contributed by atoms with Crippen LogP contribution >= 0.6 is 0 Å². The Balaban J connectivity index is 0.00000320. The Kier molecular flexibility index (Phi) is 8.57. The van der Waals surface area contributed by atoms with E-state index in [4.69, 9.17) is 4.42 Å². The zero-order valence-electron chi connectivity index (χ0n) is 17.3. The topological polar surface area (TPSA) is 107 Å². The van der Waals surface area contributed by atoms with Gasteiger partial charge in [0.25, 0.3) is 0 Å². The molecule has 1 heterocycles. The summed E-state index contributed by atoms with van der Waals surface area (Å²) in [4.78, 5) is 27.7. The van der Waals surface area contributed by atoms with Crippen LogP contribution in [0.4, 0.5) is 14.9 Å². The quantitative estimate of drug-likeness (QED) is 0.537. The van der Waals surface area contributed by atoms with Crippen LogP contribution in [0, 0.1) is 18.7 Å². The number of halogens is 1. The third-order valence-electron chi connectivity index (χ3n) is 4.76. The van der Waals surface area contributed by atoms with Crippen molar-refractivity contribution in [2.75, 3.05) is 5.32 Å². The summed E-state index contributed by atoms with van der Waals surface area (Å²) in [5.74, 6) is -2.17. The van der Waals surface area contributed by atoms with Crippen molar-refractivity contribution in [2.45, 2.75) is 33.2 Å². The van der Waals surface area contributed by atoms with Crippen LogP contribution in [-0.2, 0) is 4.79 Å². The van der Waals surface area contributed by atoms with Gasteiger partial charge in [-0.3, -0.25) is 0 Å². The Morgan fingerprint density at radius 2 is 1.97 bits per heavy atom. The number of rotatable bonds is 6. The first-order chi connectivity index (χ1) is 13.8. The molecule has 2 amide bonds. The first-order valence-corrected chi connectivity index (χ1v) is 9.24. The predicted molar refractivity (Wildman–Crippen MR) is 105 cm³/mol. The maximum absolute atomic E-state index is 14.5. The Morgan fingerprint density at radius 3 is 2.60 bits per heavy atom. The van der Waals surface area contributed by atoms with E-state index in [2.05, 4.69) is 15.6 Å². The number of carbonyl (C=O) groups excluding carboxylic acids is 2. The number of carboxylic acid groups (broad SMARTS) is 1. The molecule has 2 atom stereocenters. The van der Waals surface area contributed by atoms with Crippen molar-refractivity contribution >= 4 is 28.8 Å². The molecule has 3 rings (SSSR count). The molecular formula is C21H21FKN3O4. The molecule has 0 saturated carbocycles. The maximum atomic E-state index is 14.5. The number of carbonyl (C=O) groups is 2. The number of aromatic nitrogens is 1. The average Bonchev–Trinajstić information content (AvgIpc) is 3.10. The number of carboxylic acids is 1. The maximum Gasteiger partial charge on any atom is 1.00 e. The second-order valence-corrected chi connectivity index (χ2v) is 6.97. The minimum absolute atomic E-state index is 0. The number of anilines is 1. The molecule has 9 heteroatoms. The number of aliphatic carboxylic acids is 1. The van der Waals surface area contributed by atoms with Gasteiger partial charge in [-0.2, -0.15) is 0 Å². The minimum atomic E-state index is -1.39. The molecule has 0 unspecified atom stereocenters. The SMILES string of the molecule is CC[C@H](C)[C@H](NC(=O)Nc1ccc(-c2nc3cc(C)ccc3o2)cc1F)C(=O)[O-].[K+]. The van der Waals surface area contributed by atoms with Gasteiger partial charge in [0, 0.05) is 5.56 Å². The number of benzene rings is 2. The van der Waals surface area contributed by atoms with Gasteiger partial charge in [0.2, 0.25) is 5.89 Å². The van der Waals surface area contributed by atoms with Crippen molar-refractivity contribution in [3.8, 4) is 11.5 Å². The Hall–Kier alpha value is -1.78. The van der Waals surface area contributed by atoms with Crippen LogP contribution in [-0.4, -0.2) is 23.0 Å². The van der Waals surface area contributed by atoms with E-state index in [0.29, 0.717) is 23.1 Å². The molecule has 2 N–H and O–H groups in total. The Bertz CT molecular complexity index is 1070. The third kappa shape index (κ3) is 5.67. The zero-order chi connectivity index (χ0) is 21.1. The van der Waals surface area contributed by atoms with Gasteiger partial charge < -0.3 is 25.0 Å². The zero-order valence-corrected chi connectivity index (χ0v) is 20.4. The third-order valence-corrected chi connectivity index (χ3v) is 4.76. The van der Waals surface area contributed by atoms with Gasteiger partial charge in [-0.1, -0.05) is 26.3 Å². The number of urea groups is 1. The van der Waals surface area contributed by atoms with E-state index in [1.807, 2.05) is 19.1 Å². The van der Waals surface area contributed by atoms with E-state index in [0.717, 1.165) is 5.56 Å². The molecule has 7 nitrogen and oxygen atoms in total. The van der Waals surface area contributed by atoms with Crippen molar-refractivity contribution in [3.05, 3.63) is 47.8 Å². The standard InChI is InChI=1S/C21H22FN3O4.K/c1-4-12(3)18(20(26)27)25-21(28)24-15-7-6-13(10-14(15)22)19-23-16-9-11(2)5-8-17(16)29-19;/h5-10,12,18H,4H2,1-3H3,(H,26,27)(H2,24,25,28);/q;+1/p-1/t12-,18-;/m0./s1. The summed E-state index contributed by atoms with van der Waals surface area (Å²) in [6.07, 6.45) is 0.534. The fourth-order valence-corrected chi connectivity index (χ4v) is 2.88. The molecule has 0 bridgehead atoms. The first-order valence-electron chi connectivity index (χ1n) is 9.24. The number of oxazole rings is 1. The van der Waals surface area contributed by atoms with E-state index < -0.39 is 23.9 Å². The number of nitrogens with zero attached hydrogens (tertiary/aromatic N) is 1. The van der Waals surface area contributed by atoms with Crippen LogP contribution in [0.15, 0.2) is 40.8 Å². The molecule has 0 spiro atoms. The number of fused-ring (bicyclic) bond motifs is 1. The summed E-state index contributed by atoms with van der Waals surface area (Å²) in [6, 6.07) is 7.66. The Labute approximate surface area is 215 Å². The number of hydrogen-bond donors (Lipinski definition) is 2. The number of hydrogen-bond acceptors (Lipinski definition) is 5. The fraction of sp³-hybridized carbons (Fsp3) is 0.286. The molecule has 0 aliphatic rings. The molecule has 0 aliphatic heterocycles. The summed E-state index contributed by atoms with van der Waals surface area (Å²) >= 11 is 0. The van der Waals surface area contributed by atoms with Gasteiger partial charge in [-0.05, 0) is 48.7 Å². The first kappa shape index (κ1) is 24.5. The monoisotopic (exact) mass is 437 g/mol. The molecule has 152 valence electrons. The molecule has 30 heavy (non-hydrogen) atoms. The van der Waals surface area contributed by atoms with Crippen molar-refractivity contribution in [3.63, 3.8) is 0 Å². The van der Waals surface area contributed by atoms with Crippen LogP contribution in [0.2, 0.25) is 0 Å². The molecule has 1 aromatic heterocycles. The number of nitrogens with one attached hydrogen (secondary N) is 2. The van der Waals surface area contributed by atoms with Gasteiger partial charge >= 0.3 is 57.4 Å². The Morgan fingerprint density at radius 1 is 1.23 bits per heavy atom. The predicted octanol–water partition coefficient (Wildman–Crippen LogP) is 0.232. The molecule has 2 aromatic carbocycles. The van der Waals surface area contributed by atoms with Crippen molar-refractivity contribution in [1.29, 1.82) is 0 Å². The summed E-state index contributed by atoms with van der Waals surface area (Å²) in [5.41, 5.74) is 2.60. The summed E-state index contributed by atoms with van der Waals surface area (Å²) in [5, 5.41) is 15.8. The normalized spacial score (nSPS) is 12.7. The van der Waals surface area contributed by atoms with Crippen LogP contribution < -0.4 is 67.1 Å². The van der Waals surface area contributed by atoms with Gasteiger partial charge in [0.1, 0.15) is 11.3 Å². The van der Waals surface area contributed by atoms with E-state index in [1.165, 1.54) is 12.1 Å². The van der Waals surface area contributed by atoms with E-state index >= 15 is 0 Å². The van der Waals surface area contributed by atoms with Crippen molar-refractivity contribution in [1.82, 2.24) is 10.3 Å². The van der Waals surface area contributed by atoms with Gasteiger partial charge in [0.15, 0.2) is 5.58 Å². The second-order valence-electron chi connectivity index (χ2n) is 6.97. The van der Waals surface area contributed by atoms with Gasteiger partial charge in [-0.25, -0.2) is 14.2 Å². The minimum Gasteiger partial charge on any atom is -0.548 e. The largest absolute Gasteiger partial charge is 1.00 e. The smallest absolute Gasteiger partial charge is 0.548 e. The van der Waals surface area contributed by atoms with Gasteiger partial charge in [-0.15, -0.1) is 0 Å². The van der Waals surface area contributed by atoms with Crippen LogP contribution in [0.5, 0.6) is 0 Å². The van der Waals surface area contributed by atoms with E-state index in [1.54, 1.807) is 26.0 Å². The average molecular weight is 438 g/mol.